The molecule has 2 aliphatic rings. The molecule has 2 fully saturated rings. The normalized spacial score (nSPS) is 20.7. The fraction of sp³-hybridized carbons (Fsp3) is 0.625. The largest absolute Gasteiger partial charge is 0.379 e. The second-order valence-corrected chi connectivity index (χ2v) is 6.23. The Hall–Kier alpha value is -1.74. The van der Waals surface area contributed by atoms with Crippen molar-refractivity contribution in [2.24, 2.45) is 0 Å². The van der Waals surface area contributed by atoms with Crippen LogP contribution >= 0.6 is 0 Å². The van der Waals surface area contributed by atoms with Gasteiger partial charge in [-0.05, 0) is 12.1 Å². The SMILES string of the molecule is O=c1n(CN2CCOCC2)c2cccnc2n1CN1CCOCC1. The molecule has 0 saturated carbocycles. The maximum atomic E-state index is 13.0. The zero-order valence-electron chi connectivity index (χ0n) is 13.8. The number of rotatable bonds is 4. The van der Waals surface area contributed by atoms with Crippen LogP contribution in [-0.4, -0.2) is 76.5 Å². The van der Waals surface area contributed by atoms with Gasteiger partial charge in [-0.3, -0.25) is 18.9 Å². The first-order valence-electron chi connectivity index (χ1n) is 8.47. The molecule has 8 heteroatoms. The van der Waals surface area contributed by atoms with Crippen molar-refractivity contribution in [1.82, 2.24) is 23.9 Å². The maximum absolute atomic E-state index is 13.0. The van der Waals surface area contributed by atoms with Crippen molar-refractivity contribution >= 4 is 11.2 Å². The zero-order chi connectivity index (χ0) is 16.4. The second kappa shape index (κ2) is 7.02. The van der Waals surface area contributed by atoms with E-state index in [-0.39, 0.29) is 5.69 Å². The first-order valence-corrected chi connectivity index (χ1v) is 8.47. The Morgan fingerprint density at radius 3 is 2.12 bits per heavy atom. The van der Waals surface area contributed by atoms with Gasteiger partial charge < -0.3 is 9.47 Å². The Kier molecular flexibility index (Phi) is 4.61. The van der Waals surface area contributed by atoms with Gasteiger partial charge in [-0.2, -0.15) is 0 Å². The molecule has 0 amide bonds. The van der Waals surface area contributed by atoms with E-state index < -0.39 is 0 Å². The van der Waals surface area contributed by atoms with Crippen LogP contribution in [0.25, 0.3) is 11.2 Å². The molecule has 0 spiro atoms. The quantitative estimate of drug-likeness (QED) is 0.771. The van der Waals surface area contributed by atoms with E-state index in [1.54, 1.807) is 10.8 Å². The van der Waals surface area contributed by atoms with Gasteiger partial charge in [-0.15, -0.1) is 0 Å². The number of fused-ring (bicyclic) bond motifs is 1. The fourth-order valence-electron chi connectivity index (χ4n) is 3.30. The van der Waals surface area contributed by atoms with Crippen LogP contribution in [0.3, 0.4) is 0 Å². The van der Waals surface area contributed by atoms with E-state index in [1.807, 2.05) is 16.7 Å². The number of ether oxygens (including phenoxy) is 2. The molecule has 2 aromatic rings. The van der Waals surface area contributed by atoms with Gasteiger partial charge in [0.05, 0.1) is 45.3 Å². The molecule has 24 heavy (non-hydrogen) atoms. The summed E-state index contributed by atoms with van der Waals surface area (Å²) in [6, 6.07) is 3.86. The van der Waals surface area contributed by atoms with Crippen LogP contribution in [0.1, 0.15) is 0 Å². The molecule has 2 aromatic heterocycles. The van der Waals surface area contributed by atoms with Crippen molar-refractivity contribution in [3.8, 4) is 0 Å². The van der Waals surface area contributed by atoms with Crippen LogP contribution in [-0.2, 0) is 22.8 Å². The molecule has 4 rings (SSSR count). The smallest absolute Gasteiger partial charge is 0.332 e. The lowest BCUT2D eigenvalue weighted by Gasteiger charge is -2.27. The fourth-order valence-corrected chi connectivity index (χ4v) is 3.30. The van der Waals surface area contributed by atoms with Crippen LogP contribution in [0, 0.1) is 0 Å². The number of aromatic nitrogens is 3. The minimum Gasteiger partial charge on any atom is -0.379 e. The molecular weight excluding hydrogens is 310 g/mol. The molecule has 0 N–H and O–H groups in total. The number of hydrogen-bond donors (Lipinski definition) is 0. The standard InChI is InChI=1S/C16H23N5O3/c22-16-20(12-18-4-8-23-9-5-18)14-2-1-3-17-15(14)21(16)13-19-6-10-24-11-7-19/h1-3H,4-13H2. The Morgan fingerprint density at radius 2 is 1.50 bits per heavy atom. The predicted octanol–water partition coefficient (Wildman–Crippen LogP) is -0.223. The van der Waals surface area contributed by atoms with Crippen molar-refractivity contribution in [3.63, 3.8) is 0 Å². The molecule has 130 valence electrons. The third kappa shape index (κ3) is 3.10. The number of nitrogens with zero attached hydrogens (tertiary/aromatic N) is 5. The van der Waals surface area contributed by atoms with Crippen molar-refractivity contribution < 1.29 is 9.47 Å². The van der Waals surface area contributed by atoms with E-state index in [9.17, 15) is 4.79 Å². The first-order chi connectivity index (χ1) is 11.8. The van der Waals surface area contributed by atoms with E-state index in [0.29, 0.717) is 26.6 Å². The lowest BCUT2D eigenvalue weighted by Crippen LogP contribution is -2.42. The molecule has 4 heterocycles. The summed E-state index contributed by atoms with van der Waals surface area (Å²) in [5, 5.41) is 0. The molecule has 8 nitrogen and oxygen atoms in total. The van der Waals surface area contributed by atoms with E-state index in [0.717, 1.165) is 50.6 Å². The van der Waals surface area contributed by atoms with Gasteiger partial charge in [0, 0.05) is 32.4 Å². The Labute approximate surface area is 140 Å². The third-order valence-electron chi connectivity index (χ3n) is 4.66. The van der Waals surface area contributed by atoms with E-state index in [2.05, 4.69) is 14.8 Å². The zero-order valence-corrected chi connectivity index (χ0v) is 13.8. The molecule has 2 saturated heterocycles. The monoisotopic (exact) mass is 333 g/mol. The van der Waals surface area contributed by atoms with E-state index in [1.165, 1.54) is 0 Å². The molecule has 0 bridgehead atoms. The molecular formula is C16H23N5O3. The van der Waals surface area contributed by atoms with E-state index in [4.69, 9.17) is 9.47 Å². The minimum atomic E-state index is 0.00156. The van der Waals surface area contributed by atoms with Crippen LogP contribution in [0.5, 0.6) is 0 Å². The summed E-state index contributed by atoms with van der Waals surface area (Å²) >= 11 is 0. The van der Waals surface area contributed by atoms with Gasteiger partial charge in [0.15, 0.2) is 5.65 Å². The average molecular weight is 333 g/mol. The van der Waals surface area contributed by atoms with Gasteiger partial charge >= 0.3 is 5.69 Å². The topological polar surface area (TPSA) is 64.8 Å². The summed E-state index contributed by atoms with van der Waals surface area (Å²) in [6.07, 6.45) is 1.75. The van der Waals surface area contributed by atoms with Gasteiger partial charge in [-0.1, -0.05) is 0 Å². The number of pyridine rings is 1. The van der Waals surface area contributed by atoms with Gasteiger partial charge in [0.1, 0.15) is 0 Å². The number of hydrogen-bond acceptors (Lipinski definition) is 6. The average Bonchev–Trinajstić information content (AvgIpc) is 2.90. The second-order valence-electron chi connectivity index (χ2n) is 6.23. The predicted molar refractivity (Wildman–Crippen MR) is 88.8 cm³/mol. The minimum absolute atomic E-state index is 0.00156. The summed E-state index contributed by atoms with van der Waals surface area (Å²) in [4.78, 5) is 21.9. The van der Waals surface area contributed by atoms with Crippen LogP contribution in [0.4, 0.5) is 0 Å². The Morgan fingerprint density at radius 1 is 0.917 bits per heavy atom. The van der Waals surface area contributed by atoms with Crippen LogP contribution in [0.2, 0.25) is 0 Å². The summed E-state index contributed by atoms with van der Waals surface area (Å²) in [6.45, 7) is 7.41. The van der Waals surface area contributed by atoms with Crippen molar-refractivity contribution in [2.45, 2.75) is 13.3 Å². The van der Waals surface area contributed by atoms with Crippen LogP contribution in [0.15, 0.2) is 23.1 Å². The Bertz CT molecular complexity index is 684. The van der Waals surface area contributed by atoms with Crippen molar-refractivity contribution in [1.29, 1.82) is 0 Å². The molecule has 0 radical (unpaired) electrons. The Balaban J connectivity index is 1.65. The van der Waals surface area contributed by atoms with E-state index >= 15 is 0 Å². The molecule has 0 aromatic carbocycles. The summed E-state index contributed by atoms with van der Waals surface area (Å²) in [5.41, 5.74) is 1.64. The number of morpholine rings is 2. The third-order valence-corrected chi connectivity index (χ3v) is 4.66. The van der Waals surface area contributed by atoms with Gasteiger partial charge in [0.2, 0.25) is 0 Å². The molecule has 0 aliphatic carbocycles. The highest BCUT2D eigenvalue weighted by Crippen LogP contribution is 2.12. The first kappa shape index (κ1) is 15.8. The summed E-state index contributed by atoms with van der Waals surface area (Å²) in [7, 11) is 0. The van der Waals surface area contributed by atoms with Crippen molar-refractivity contribution in [3.05, 3.63) is 28.8 Å². The van der Waals surface area contributed by atoms with Crippen molar-refractivity contribution in [2.75, 3.05) is 52.6 Å². The maximum Gasteiger partial charge on any atom is 0.332 e. The molecule has 0 atom stereocenters. The van der Waals surface area contributed by atoms with Crippen LogP contribution < -0.4 is 5.69 Å². The summed E-state index contributed by atoms with van der Waals surface area (Å²) < 4.78 is 14.4. The highest BCUT2D eigenvalue weighted by atomic mass is 16.5. The summed E-state index contributed by atoms with van der Waals surface area (Å²) in [5.74, 6) is 0. The lowest BCUT2D eigenvalue weighted by atomic mass is 10.4. The number of imidazole rings is 1. The molecule has 0 unspecified atom stereocenters. The lowest BCUT2D eigenvalue weighted by molar-refractivity contribution is 0.0204. The molecule has 2 aliphatic heterocycles. The highest BCUT2D eigenvalue weighted by Gasteiger charge is 2.20. The van der Waals surface area contributed by atoms with Gasteiger partial charge in [0.25, 0.3) is 0 Å². The van der Waals surface area contributed by atoms with Gasteiger partial charge in [-0.25, -0.2) is 9.78 Å². The highest BCUT2D eigenvalue weighted by molar-refractivity contribution is 5.71.